The summed E-state index contributed by atoms with van der Waals surface area (Å²) in [6.07, 6.45) is 3.54. The van der Waals surface area contributed by atoms with Gasteiger partial charge in [-0.2, -0.15) is 0 Å². The Balaban J connectivity index is 1.98. The molecule has 2 aromatic heterocycles. The molecule has 5 nitrogen and oxygen atoms in total. The molecule has 4 rings (SSSR count). The number of anilines is 2. The van der Waals surface area contributed by atoms with Crippen molar-refractivity contribution in [1.29, 1.82) is 0 Å². The first-order valence-corrected chi connectivity index (χ1v) is 8.79. The van der Waals surface area contributed by atoms with Gasteiger partial charge in [0.2, 0.25) is 0 Å². The van der Waals surface area contributed by atoms with Crippen LogP contribution in [-0.2, 0) is 0 Å². The molecule has 0 aliphatic carbocycles. The zero-order valence-electron chi connectivity index (χ0n) is 15.6. The van der Waals surface area contributed by atoms with Crippen LogP contribution in [0.4, 0.5) is 11.5 Å². The number of aromatic nitrogens is 3. The van der Waals surface area contributed by atoms with Gasteiger partial charge in [-0.1, -0.05) is 12.1 Å². The SMILES string of the molecule is Cc1cc(-c2cccc(N)c2)cc2c(N(C)C)nc(-c3cccnc3)nc12. The predicted octanol–water partition coefficient (Wildman–Crippen LogP) is 4.32. The normalized spacial score (nSPS) is 10.9. The Morgan fingerprint density at radius 1 is 0.889 bits per heavy atom. The third-order valence-electron chi connectivity index (χ3n) is 4.53. The van der Waals surface area contributed by atoms with E-state index in [9.17, 15) is 0 Å². The number of aryl methyl sites for hydroxylation is 1. The maximum absolute atomic E-state index is 5.97. The van der Waals surface area contributed by atoms with Crippen molar-refractivity contribution < 1.29 is 0 Å². The highest BCUT2D eigenvalue weighted by Crippen LogP contribution is 2.33. The Morgan fingerprint density at radius 3 is 2.41 bits per heavy atom. The van der Waals surface area contributed by atoms with Crippen molar-refractivity contribution in [2.45, 2.75) is 6.92 Å². The number of rotatable bonds is 3. The monoisotopic (exact) mass is 355 g/mol. The molecule has 5 heteroatoms. The van der Waals surface area contributed by atoms with Crippen LogP contribution >= 0.6 is 0 Å². The van der Waals surface area contributed by atoms with E-state index in [1.165, 1.54) is 0 Å². The van der Waals surface area contributed by atoms with Crippen LogP contribution in [-0.4, -0.2) is 29.0 Å². The summed E-state index contributed by atoms with van der Waals surface area (Å²) in [7, 11) is 3.99. The minimum atomic E-state index is 0.680. The largest absolute Gasteiger partial charge is 0.399 e. The van der Waals surface area contributed by atoms with E-state index in [0.717, 1.165) is 44.7 Å². The minimum Gasteiger partial charge on any atom is -0.399 e. The Hall–Kier alpha value is -3.47. The number of pyridine rings is 1. The molecule has 0 radical (unpaired) electrons. The van der Waals surface area contributed by atoms with E-state index in [-0.39, 0.29) is 0 Å². The summed E-state index contributed by atoms with van der Waals surface area (Å²) in [5, 5.41) is 1.02. The van der Waals surface area contributed by atoms with E-state index < -0.39 is 0 Å². The van der Waals surface area contributed by atoms with E-state index >= 15 is 0 Å². The van der Waals surface area contributed by atoms with Crippen LogP contribution < -0.4 is 10.6 Å². The first kappa shape index (κ1) is 17.0. The Morgan fingerprint density at radius 2 is 1.70 bits per heavy atom. The lowest BCUT2D eigenvalue weighted by atomic mass is 9.99. The Kier molecular flexibility index (Phi) is 4.20. The molecular formula is C22H21N5. The van der Waals surface area contributed by atoms with Crippen LogP contribution in [0.15, 0.2) is 60.9 Å². The molecule has 0 spiro atoms. The minimum absolute atomic E-state index is 0.680. The van der Waals surface area contributed by atoms with Crippen LogP contribution in [0, 0.1) is 6.92 Å². The highest BCUT2D eigenvalue weighted by atomic mass is 15.2. The smallest absolute Gasteiger partial charge is 0.163 e. The van der Waals surface area contributed by atoms with Gasteiger partial charge in [0.1, 0.15) is 5.82 Å². The van der Waals surface area contributed by atoms with Gasteiger partial charge in [-0.25, -0.2) is 9.97 Å². The molecule has 0 saturated carbocycles. The number of hydrogen-bond donors (Lipinski definition) is 1. The second-order valence-corrected chi connectivity index (χ2v) is 6.82. The third kappa shape index (κ3) is 3.19. The summed E-state index contributed by atoms with van der Waals surface area (Å²) in [5.41, 5.74) is 11.9. The van der Waals surface area contributed by atoms with Gasteiger partial charge in [0, 0.05) is 43.1 Å². The molecule has 0 saturated heterocycles. The molecule has 0 aliphatic heterocycles. The summed E-state index contributed by atoms with van der Waals surface area (Å²) in [6, 6.07) is 16.1. The van der Waals surface area contributed by atoms with Crippen molar-refractivity contribution in [3.63, 3.8) is 0 Å². The van der Waals surface area contributed by atoms with Gasteiger partial charge in [-0.05, 0) is 60.0 Å². The zero-order valence-corrected chi connectivity index (χ0v) is 15.6. The average molecular weight is 355 g/mol. The number of nitrogens with zero attached hydrogens (tertiary/aromatic N) is 4. The number of benzene rings is 2. The van der Waals surface area contributed by atoms with Gasteiger partial charge < -0.3 is 10.6 Å². The van der Waals surface area contributed by atoms with Gasteiger partial charge in [-0.15, -0.1) is 0 Å². The molecule has 0 amide bonds. The molecular weight excluding hydrogens is 334 g/mol. The fourth-order valence-electron chi connectivity index (χ4n) is 3.24. The number of hydrogen-bond acceptors (Lipinski definition) is 5. The molecule has 2 heterocycles. The lowest BCUT2D eigenvalue weighted by Crippen LogP contribution is -2.12. The predicted molar refractivity (Wildman–Crippen MR) is 112 cm³/mol. The van der Waals surface area contributed by atoms with E-state index in [1.807, 2.05) is 49.3 Å². The first-order chi connectivity index (χ1) is 13.0. The third-order valence-corrected chi connectivity index (χ3v) is 4.53. The fourth-order valence-corrected chi connectivity index (χ4v) is 3.24. The second-order valence-electron chi connectivity index (χ2n) is 6.82. The molecule has 134 valence electrons. The molecule has 0 fully saturated rings. The number of nitrogen functional groups attached to an aromatic ring is 1. The Labute approximate surface area is 158 Å². The Bertz CT molecular complexity index is 1120. The van der Waals surface area contributed by atoms with Gasteiger partial charge in [0.05, 0.1) is 5.52 Å². The number of fused-ring (bicyclic) bond motifs is 1. The van der Waals surface area contributed by atoms with Crippen molar-refractivity contribution in [3.05, 3.63) is 66.5 Å². The molecule has 0 bridgehead atoms. The van der Waals surface area contributed by atoms with Crippen LogP contribution in [0.1, 0.15) is 5.56 Å². The second kappa shape index (κ2) is 6.68. The van der Waals surface area contributed by atoms with Crippen molar-refractivity contribution in [2.24, 2.45) is 0 Å². The molecule has 27 heavy (non-hydrogen) atoms. The van der Waals surface area contributed by atoms with Crippen LogP contribution in [0.3, 0.4) is 0 Å². The highest BCUT2D eigenvalue weighted by Gasteiger charge is 2.14. The molecule has 0 aliphatic rings. The molecule has 2 N–H and O–H groups in total. The standard InChI is InChI=1S/C22H21N5/c1-14-10-17(15-6-4-8-18(23)11-15)12-19-20(14)25-21(26-22(19)27(2)3)16-7-5-9-24-13-16/h4-13H,23H2,1-3H3. The van der Waals surface area contributed by atoms with Gasteiger partial charge in [0.15, 0.2) is 5.82 Å². The van der Waals surface area contributed by atoms with E-state index in [1.54, 1.807) is 12.4 Å². The van der Waals surface area contributed by atoms with Crippen molar-refractivity contribution in [3.8, 4) is 22.5 Å². The van der Waals surface area contributed by atoms with Crippen molar-refractivity contribution in [1.82, 2.24) is 15.0 Å². The molecule has 4 aromatic rings. The van der Waals surface area contributed by atoms with Crippen LogP contribution in [0.2, 0.25) is 0 Å². The highest BCUT2D eigenvalue weighted by molar-refractivity contribution is 5.96. The van der Waals surface area contributed by atoms with Crippen molar-refractivity contribution in [2.75, 3.05) is 24.7 Å². The average Bonchev–Trinajstić information content (AvgIpc) is 2.68. The van der Waals surface area contributed by atoms with E-state index in [2.05, 4.69) is 30.1 Å². The van der Waals surface area contributed by atoms with E-state index in [4.69, 9.17) is 15.7 Å². The lowest BCUT2D eigenvalue weighted by Gasteiger charge is -2.17. The van der Waals surface area contributed by atoms with Crippen molar-refractivity contribution >= 4 is 22.4 Å². The summed E-state index contributed by atoms with van der Waals surface area (Å²) in [4.78, 5) is 15.9. The molecule has 0 unspecified atom stereocenters. The van der Waals surface area contributed by atoms with Gasteiger partial charge in [-0.3, -0.25) is 4.98 Å². The zero-order chi connectivity index (χ0) is 19.0. The summed E-state index contributed by atoms with van der Waals surface area (Å²) < 4.78 is 0. The fraction of sp³-hybridized carbons (Fsp3) is 0.136. The molecule has 2 aromatic carbocycles. The summed E-state index contributed by atoms with van der Waals surface area (Å²) in [6.45, 7) is 2.08. The van der Waals surface area contributed by atoms with E-state index in [0.29, 0.717) is 5.82 Å². The topological polar surface area (TPSA) is 67.9 Å². The number of nitrogens with two attached hydrogens (primary N) is 1. The quantitative estimate of drug-likeness (QED) is 0.555. The van der Waals surface area contributed by atoms with Crippen LogP contribution in [0.5, 0.6) is 0 Å². The van der Waals surface area contributed by atoms with Gasteiger partial charge >= 0.3 is 0 Å². The lowest BCUT2D eigenvalue weighted by molar-refractivity contribution is 1.06. The van der Waals surface area contributed by atoms with Gasteiger partial charge in [0.25, 0.3) is 0 Å². The summed E-state index contributed by atoms with van der Waals surface area (Å²) in [5.74, 6) is 1.56. The summed E-state index contributed by atoms with van der Waals surface area (Å²) >= 11 is 0. The first-order valence-electron chi connectivity index (χ1n) is 8.79. The maximum atomic E-state index is 5.97. The van der Waals surface area contributed by atoms with Crippen LogP contribution in [0.25, 0.3) is 33.4 Å². The maximum Gasteiger partial charge on any atom is 0.163 e. The molecule has 0 atom stereocenters.